The van der Waals surface area contributed by atoms with E-state index in [9.17, 15) is 15.0 Å². The molecule has 3 nitrogen and oxygen atoms in total. The van der Waals surface area contributed by atoms with Crippen molar-refractivity contribution in [3.63, 3.8) is 0 Å². The van der Waals surface area contributed by atoms with E-state index in [1.165, 1.54) is 24.6 Å². The molecule has 2 unspecified atom stereocenters. The normalized spacial score (nSPS) is 26.0. The van der Waals surface area contributed by atoms with Gasteiger partial charge in [-0.15, -0.1) is 0 Å². The molecular formula is C14H14O3. The Hall–Kier alpha value is -1.77. The van der Waals surface area contributed by atoms with Crippen LogP contribution in [-0.2, 0) is 0 Å². The summed E-state index contributed by atoms with van der Waals surface area (Å²) in [5.74, 6) is 0.713. The SMILES string of the molecule is O=C(C1=CC2CCC1C2)c1cc(O)ccc1O. The van der Waals surface area contributed by atoms with Gasteiger partial charge in [-0.3, -0.25) is 4.79 Å². The van der Waals surface area contributed by atoms with Crippen LogP contribution in [0.15, 0.2) is 29.8 Å². The number of carbonyl (C=O) groups is 1. The van der Waals surface area contributed by atoms with Crippen LogP contribution in [0.5, 0.6) is 11.5 Å². The summed E-state index contributed by atoms with van der Waals surface area (Å²) >= 11 is 0. The highest BCUT2D eigenvalue weighted by Gasteiger charge is 2.36. The van der Waals surface area contributed by atoms with Gasteiger partial charge in [0.25, 0.3) is 0 Å². The summed E-state index contributed by atoms with van der Waals surface area (Å²) in [6, 6.07) is 4.07. The van der Waals surface area contributed by atoms with Gasteiger partial charge in [0.15, 0.2) is 5.78 Å². The predicted octanol–water partition coefficient (Wildman–Crippen LogP) is 2.64. The first kappa shape index (κ1) is 10.4. The quantitative estimate of drug-likeness (QED) is 0.606. The van der Waals surface area contributed by atoms with Crippen LogP contribution in [0.4, 0.5) is 0 Å². The number of aromatic hydroxyl groups is 2. The standard InChI is InChI=1S/C14H14O3/c15-10-3-4-13(16)12(7-10)14(17)11-6-8-1-2-9(11)5-8/h3-4,6-9,15-16H,1-2,5H2. The molecule has 1 aromatic rings. The highest BCUT2D eigenvalue weighted by Crippen LogP contribution is 2.45. The summed E-state index contributed by atoms with van der Waals surface area (Å²) in [6.07, 6.45) is 5.36. The highest BCUT2D eigenvalue weighted by molar-refractivity contribution is 6.11. The van der Waals surface area contributed by atoms with Gasteiger partial charge in [0.2, 0.25) is 0 Å². The fourth-order valence-electron chi connectivity index (χ4n) is 2.96. The van der Waals surface area contributed by atoms with E-state index >= 15 is 0 Å². The van der Waals surface area contributed by atoms with Crippen LogP contribution in [-0.4, -0.2) is 16.0 Å². The highest BCUT2D eigenvalue weighted by atomic mass is 16.3. The molecule has 2 N–H and O–H groups in total. The number of carbonyl (C=O) groups excluding carboxylic acids is 1. The third-order valence-corrected chi connectivity index (χ3v) is 3.82. The average molecular weight is 230 g/mol. The molecular weight excluding hydrogens is 216 g/mol. The van der Waals surface area contributed by atoms with Crippen molar-refractivity contribution in [2.24, 2.45) is 11.8 Å². The van der Waals surface area contributed by atoms with E-state index in [-0.39, 0.29) is 22.8 Å². The number of phenols is 2. The van der Waals surface area contributed by atoms with Crippen molar-refractivity contribution in [3.8, 4) is 11.5 Å². The van der Waals surface area contributed by atoms with Crippen LogP contribution in [0.2, 0.25) is 0 Å². The average Bonchev–Trinajstić information content (AvgIpc) is 2.93. The Morgan fingerprint density at radius 1 is 1.24 bits per heavy atom. The van der Waals surface area contributed by atoms with Gasteiger partial charge in [-0.25, -0.2) is 0 Å². The fraction of sp³-hybridized carbons (Fsp3) is 0.357. The Balaban J connectivity index is 1.97. The molecule has 0 amide bonds. The lowest BCUT2D eigenvalue weighted by Gasteiger charge is -2.13. The van der Waals surface area contributed by atoms with E-state index in [4.69, 9.17) is 0 Å². The summed E-state index contributed by atoms with van der Waals surface area (Å²) in [5.41, 5.74) is 1.03. The summed E-state index contributed by atoms with van der Waals surface area (Å²) in [6.45, 7) is 0. The van der Waals surface area contributed by atoms with Crippen LogP contribution in [0.3, 0.4) is 0 Å². The minimum absolute atomic E-state index is 0.00917. The van der Waals surface area contributed by atoms with Gasteiger partial charge < -0.3 is 10.2 Å². The molecule has 2 bridgehead atoms. The van der Waals surface area contributed by atoms with Crippen molar-refractivity contribution in [3.05, 3.63) is 35.4 Å². The number of allylic oxidation sites excluding steroid dienone is 2. The molecule has 2 aliphatic rings. The van der Waals surface area contributed by atoms with Crippen LogP contribution < -0.4 is 0 Å². The number of fused-ring (bicyclic) bond motifs is 2. The Labute approximate surface area is 99.4 Å². The summed E-state index contributed by atoms with van der Waals surface area (Å²) in [4.78, 5) is 12.3. The molecule has 1 saturated carbocycles. The Morgan fingerprint density at radius 3 is 2.71 bits per heavy atom. The van der Waals surface area contributed by atoms with E-state index in [0.717, 1.165) is 18.4 Å². The van der Waals surface area contributed by atoms with Crippen LogP contribution in [0.1, 0.15) is 29.6 Å². The van der Waals surface area contributed by atoms with Crippen LogP contribution in [0, 0.1) is 11.8 Å². The first-order valence-electron chi connectivity index (χ1n) is 5.93. The zero-order chi connectivity index (χ0) is 12.0. The molecule has 0 spiro atoms. The second kappa shape index (κ2) is 3.62. The monoisotopic (exact) mass is 230 g/mol. The second-order valence-corrected chi connectivity index (χ2v) is 4.92. The topological polar surface area (TPSA) is 57.5 Å². The number of hydrogen-bond acceptors (Lipinski definition) is 3. The van der Waals surface area contributed by atoms with Crippen molar-refractivity contribution < 1.29 is 15.0 Å². The zero-order valence-corrected chi connectivity index (χ0v) is 9.39. The fourth-order valence-corrected chi connectivity index (χ4v) is 2.96. The van der Waals surface area contributed by atoms with Crippen molar-refractivity contribution in [1.29, 1.82) is 0 Å². The smallest absolute Gasteiger partial charge is 0.192 e. The molecule has 2 aliphatic carbocycles. The maximum absolute atomic E-state index is 12.3. The molecule has 88 valence electrons. The van der Waals surface area contributed by atoms with Gasteiger partial charge in [-0.05, 0) is 54.9 Å². The minimum atomic E-state index is -0.134. The molecule has 1 fully saturated rings. The molecule has 3 heteroatoms. The number of benzene rings is 1. The van der Waals surface area contributed by atoms with Gasteiger partial charge in [0.1, 0.15) is 11.5 Å². The largest absolute Gasteiger partial charge is 0.508 e. The molecule has 0 heterocycles. The second-order valence-electron chi connectivity index (χ2n) is 4.92. The number of Topliss-reactive ketones (excluding diaryl/α,β-unsaturated/α-hetero) is 1. The molecule has 0 radical (unpaired) electrons. The maximum Gasteiger partial charge on any atom is 0.192 e. The molecule has 0 aromatic heterocycles. The molecule has 0 aliphatic heterocycles. The van der Waals surface area contributed by atoms with Gasteiger partial charge in [-0.2, -0.15) is 0 Å². The van der Waals surface area contributed by atoms with Crippen molar-refractivity contribution in [2.75, 3.05) is 0 Å². The lowest BCUT2D eigenvalue weighted by Crippen LogP contribution is -2.10. The number of rotatable bonds is 2. The summed E-state index contributed by atoms with van der Waals surface area (Å²) in [5, 5.41) is 19.1. The molecule has 0 saturated heterocycles. The molecule has 17 heavy (non-hydrogen) atoms. The number of ketones is 1. The first-order valence-corrected chi connectivity index (χ1v) is 5.93. The third kappa shape index (κ3) is 1.62. The third-order valence-electron chi connectivity index (χ3n) is 3.82. The number of phenolic OH excluding ortho intramolecular Hbond substituents is 2. The summed E-state index contributed by atoms with van der Waals surface area (Å²) in [7, 11) is 0. The van der Waals surface area contributed by atoms with E-state index < -0.39 is 0 Å². The van der Waals surface area contributed by atoms with E-state index in [1.807, 2.05) is 6.08 Å². The Bertz CT molecular complexity index is 516. The van der Waals surface area contributed by atoms with Crippen LogP contribution in [0.25, 0.3) is 0 Å². The van der Waals surface area contributed by atoms with Gasteiger partial charge in [0, 0.05) is 0 Å². The Morgan fingerprint density at radius 2 is 2.06 bits per heavy atom. The minimum Gasteiger partial charge on any atom is -0.508 e. The predicted molar refractivity (Wildman–Crippen MR) is 63.0 cm³/mol. The Kier molecular flexibility index (Phi) is 2.21. The van der Waals surface area contributed by atoms with Crippen molar-refractivity contribution in [2.45, 2.75) is 19.3 Å². The van der Waals surface area contributed by atoms with Gasteiger partial charge in [-0.1, -0.05) is 6.08 Å². The maximum atomic E-state index is 12.3. The molecule has 1 aromatic carbocycles. The lowest BCUT2D eigenvalue weighted by molar-refractivity contribution is 0.102. The van der Waals surface area contributed by atoms with E-state index in [2.05, 4.69) is 0 Å². The molecule has 2 atom stereocenters. The van der Waals surface area contributed by atoms with Gasteiger partial charge in [0.05, 0.1) is 5.56 Å². The van der Waals surface area contributed by atoms with Crippen molar-refractivity contribution >= 4 is 5.78 Å². The van der Waals surface area contributed by atoms with Crippen molar-refractivity contribution in [1.82, 2.24) is 0 Å². The van der Waals surface area contributed by atoms with Crippen LogP contribution >= 0.6 is 0 Å². The molecule has 3 rings (SSSR count). The lowest BCUT2D eigenvalue weighted by atomic mass is 9.91. The van der Waals surface area contributed by atoms with Gasteiger partial charge >= 0.3 is 0 Å². The number of hydrogen-bond donors (Lipinski definition) is 2. The van der Waals surface area contributed by atoms with E-state index in [1.54, 1.807) is 0 Å². The summed E-state index contributed by atoms with van der Waals surface area (Å²) < 4.78 is 0. The first-order chi connectivity index (χ1) is 8.15. The zero-order valence-electron chi connectivity index (χ0n) is 9.39. The van der Waals surface area contributed by atoms with E-state index in [0.29, 0.717) is 11.8 Å².